The van der Waals surface area contributed by atoms with Crippen LogP contribution in [0.1, 0.15) is 30.7 Å². The van der Waals surface area contributed by atoms with Crippen LogP contribution in [0, 0.1) is 11.7 Å². The van der Waals surface area contributed by atoms with Crippen LogP contribution in [0.5, 0.6) is 0 Å². The van der Waals surface area contributed by atoms with Crippen molar-refractivity contribution in [3.05, 3.63) is 64.9 Å². The summed E-state index contributed by atoms with van der Waals surface area (Å²) in [5, 5.41) is 5.10. The molecule has 3 atom stereocenters. The van der Waals surface area contributed by atoms with E-state index in [1.165, 1.54) is 17.7 Å². The molecule has 0 aromatic heterocycles. The van der Waals surface area contributed by atoms with Gasteiger partial charge < -0.3 is 22.1 Å². The number of benzene rings is 2. The Kier molecular flexibility index (Phi) is 7.46. The summed E-state index contributed by atoms with van der Waals surface area (Å²) in [7, 11) is 0. The molecular formula is C22H25ClFN5O2. The number of hydrogen-bond acceptors (Lipinski definition) is 3. The topological polar surface area (TPSA) is 123 Å². The number of nitrogens with one attached hydrogen (secondary N) is 2. The van der Waals surface area contributed by atoms with Crippen LogP contribution in [0.2, 0.25) is 5.02 Å². The van der Waals surface area contributed by atoms with Gasteiger partial charge in [-0.1, -0.05) is 41.9 Å². The maximum Gasteiger partial charge on any atom is 0.313 e. The van der Waals surface area contributed by atoms with Crippen LogP contribution in [0.15, 0.2) is 53.5 Å². The zero-order valence-corrected chi connectivity index (χ0v) is 17.6. The summed E-state index contributed by atoms with van der Waals surface area (Å²) >= 11 is 5.64. The number of amides is 2. The molecule has 9 heteroatoms. The van der Waals surface area contributed by atoms with Crippen LogP contribution in [-0.2, 0) is 9.59 Å². The molecule has 3 rings (SSSR count). The largest absolute Gasteiger partial charge is 0.370 e. The van der Waals surface area contributed by atoms with Gasteiger partial charge >= 0.3 is 11.8 Å². The van der Waals surface area contributed by atoms with Gasteiger partial charge in [0.1, 0.15) is 5.82 Å². The monoisotopic (exact) mass is 445 g/mol. The molecule has 2 aromatic rings. The molecule has 0 heterocycles. The summed E-state index contributed by atoms with van der Waals surface area (Å²) in [5.74, 6) is -2.10. The van der Waals surface area contributed by atoms with Gasteiger partial charge in [-0.05, 0) is 54.9 Å². The number of halogens is 2. The van der Waals surface area contributed by atoms with Gasteiger partial charge in [-0.3, -0.25) is 14.6 Å². The van der Waals surface area contributed by atoms with Gasteiger partial charge in [-0.25, -0.2) is 4.39 Å². The Hall–Kier alpha value is -3.13. The van der Waals surface area contributed by atoms with Crippen molar-refractivity contribution in [3.8, 4) is 0 Å². The van der Waals surface area contributed by atoms with E-state index in [0.717, 1.165) is 18.9 Å². The van der Waals surface area contributed by atoms with Crippen molar-refractivity contribution in [1.82, 2.24) is 5.32 Å². The highest BCUT2D eigenvalue weighted by molar-refractivity contribution is 6.39. The highest BCUT2D eigenvalue weighted by Gasteiger charge is 2.33. The van der Waals surface area contributed by atoms with E-state index < -0.39 is 17.6 Å². The number of anilines is 1. The summed E-state index contributed by atoms with van der Waals surface area (Å²) in [4.78, 5) is 28.9. The Morgan fingerprint density at radius 1 is 1.10 bits per heavy atom. The van der Waals surface area contributed by atoms with Gasteiger partial charge in [0.2, 0.25) is 0 Å². The summed E-state index contributed by atoms with van der Waals surface area (Å²) < 4.78 is 13.6. The van der Waals surface area contributed by atoms with Gasteiger partial charge in [0.15, 0.2) is 5.96 Å². The molecule has 2 aromatic carbocycles. The standard InChI is InChI=1S/C22H25ClFN5O2/c23-17-8-7-16(11-18(17)24)28-20(30)21(31)29-19-9-6-14(13-4-2-1-3-5-13)10-15(19)12-27-22(25)26/h1-5,7-8,11,14-15,19H,6,9-10,12H2,(H,28,30)(H,29,31)(H4,25,26,27). The minimum atomic E-state index is -0.882. The maximum atomic E-state index is 13.6. The second-order valence-corrected chi connectivity index (χ2v) is 8.02. The lowest BCUT2D eigenvalue weighted by Crippen LogP contribution is -2.48. The lowest BCUT2D eigenvalue weighted by Gasteiger charge is -2.36. The number of carbonyl (C=O) groups excluding carboxylic acids is 2. The molecule has 0 radical (unpaired) electrons. The Balaban J connectivity index is 1.66. The predicted octanol–water partition coefficient (Wildman–Crippen LogP) is 2.76. The average molecular weight is 446 g/mol. The van der Waals surface area contributed by atoms with Crippen molar-refractivity contribution >= 4 is 35.1 Å². The Bertz CT molecular complexity index is 966. The summed E-state index contributed by atoms with van der Waals surface area (Å²) in [6, 6.07) is 13.7. The van der Waals surface area contributed by atoms with Crippen LogP contribution in [0.25, 0.3) is 0 Å². The molecule has 164 valence electrons. The van der Waals surface area contributed by atoms with Gasteiger partial charge in [-0.15, -0.1) is 0 Å². The zero-order valence-electron chi connectivity index (χ0n) is 16.9. The number of carbonyl (C=O) groups is 2. The van der Waals surface area contributed by atoms with Crippen molar-refractivity contribution in [3.63, 3.8) is 0 Å². The summed E-state index contributed by atoms with van der Waals surface area (Å²) in [6.07, 6.45) is 2.31. The second kappa shape index (κ2) is 10.3. The lowest BCUT2D eigenvalue weighted by atomic mass is 9.75. The number of nitrogens with zero attached hydrogens (tertiary/aromatic N) is 1. The molecule has 1 aliphatic rings. The molecule has 1 fully saturated rings. The Labute approximate surface area is 185 Å². The highest BCUT2D eigenvalue weighted by Crippen LogP contribution is 2.36. The predicted molar refractivity (Wildman–Crippen MR) is 119 cm³/mol. The molecule has 0 saturated heterocycles. The number of nitrogens with two attached hydrogens (primary N) is 2. The quantitative estimate of drug-likeness (QED) is 0.321. The fourth-order valence-electron chi connectivity index (χ4n) is 3.90. The van der Waals surface area contributed by atoms with Crippen LogP contribution in [0.4, 0.5) is 10.1 Å². The van der Waals surface area contributed by atoms with Crippen LogP contribution < -0.4 is 22.1 Å². The molecule has 31 heavy (non-hydrogen) atoms. The van der Waals surface area contributed by atoms with Gasteiger partial charge in [0.25, 0.3) is 0 Å². The van der Waals surface area contributed by atoms with E-state index in [1.807, 2.05) is 18.2 Å². The molecule has 1 aliphatic carbocycles. The average Bonchev–Trinajstić information content (AvgIpc) is 2.76. The molecular weight excluding hydrogens is 421 g/mol. The van der Waals surface area contributed by atoms with Gasteiger partial charge in [0, 0.05) is 18.3 Å². The first-order chi connectivity index (χ1) is 14.8. The van der Waals surface area contributed by atoms with Crippen molar-refractivity contribution in [2.24, 2.45) is 22.4 Å². The fourth-order valence-corrected chi connectivity index (χ4v) is 4.02. The van der Waals surface area contributed by atoms with Crippen LogP contribution in [0.3, 0.4) is 0 Å². The Morgan fingerprint density at radius 3 is 2.52 bits per heavy atom. The molecule has 0 bridgehead atoms. The van der Waals surface area contributed by atoms with E-state index in [1.54, 1.807) is 0 Å². The third kappa shape index (κ3) is 6.18. The SMILES string of the molecule is NC(N)=NCC1CC(c2ccccc2)CCC1NC(=O)C(=O)Nc1ccc(Cl)c(F)c1. The molecule has 2 amide bonds. The molecule has 0 spiro atoms. The lowest BCUT2D eigenvalue weighted by molar-refractivity contribution is -0.137. The Morgan fingerprint density at radius 2 is 1.84 bits per heavy atom. The van der Waals surface area contributed by atoms with Crippen molar-refractivity contribution in [1.29, 1.82) is 0 Å². The second-order valence-electron chi connectivity index (χ2n) is 7.61. The summed E-state index contributed by atoms with van der Waals surface area (Å²) in [5.41, 5.74) is 12.4. The fraction of sp³-hybridized carbons (Fsp3) is 0.318. The van der Waals surface area contributed by atoms with Crippen molar-refractivity contribution in [2.75, 3.05) is 11.9 Å². The van der Waals surface area contributed by atoms with E-state index in [9.17, 15) is 14.0 Å². The number of aliphatic imine (C=N–C) groups is 1. The van der Waals surface area contributed by atoms with Gasteiger partial charge in [-0.2, -0.15) is 0 Å². The number of rotatable bonds is 5. The van der Waals surface area contributed by atoms with Crippen molar-refractivity contribution in [2.45, 2.75) is 31.2 Å². The van der Waals surface area contributed by atoms with E-state index in [4.69, 9.17) is 23.1 Å². The van der Waals surface area contributed by atoms with Crippen molar-refractivity contribution < 1.29 is 14.0 Å². The molecule has 6 N–H and O–H groups in total. The third-order valence-electron chi connectivity index (χ3n) is 5.46. The van der Waals surface area contributed by atoms with Gasteiger partial charge in [0.05, 0.1) is 5.02 Å². The highest BCUT2D eigenvalue weighted by atomic mass is 35.5. The first-order valence-electron chi connectivity index (χ1n) is 10.0. The van der Waals surface area contributed by atoms with E-state index in [2.05, 4.69) is 27.8 Å². The minimum absolute atomic E-state index is 0.0191. The molecule has 7 nitrogen and oxygen atoms in total. The number of hydrogen-bond donors (Lipinski definition) is 4. The molecule has 3 unspecified atom stereocenters. The molecule has 0 aliphatic heterocycles. The molecule has 1 saturated carbocycles. The third-order valence-corrected chi connectivity index (χ3v) is 5.77. The normalized spacial score (nSPS) is 20.5. The first kappa shape index (κ1) is 22.6. The summed E-state index contributed by atoms with van der Waals surface area (Å²) in [6.45, 7) is 0.348. The zero-order chi connectivity index (χ0) is 22.4. The van der Waals surface area contributed by atoms with Crippen LogP contribution >= 0.6 is 11.6 Å². The van der Waals surface area contributed by atoms with E-state index >= 15 is 0 Å². The number of guanidine groups is 1. The minimum Gasteiger partial charge on any atom is -0.370 e. The smallest absolute Gasteiger partial charge is 0.313 e. The van der Waals surface area contributed by atoms with E-state index in [0.29, 0.717) is 18.9 Å². The van der Waals surface area contributed by atoms with E-state index in [-0.39, 0.29) is 28.6 Å². The maximum absolute atomic E-state index is 13.6. The first-order valence-corrected chi connectivity index (χ1v) is 10.4. The van der Waals surface area contributed by atoms with Crippen LogP contribution in [-0.4, -0.2) is 30.4 Å².